The van der Waals surface area contributed by atoms with Gasteiger partial charge in [-0.25, -0.2) is 0 Å². The van der Waals surface area contributed by atoms with Gasteiger partial charge in [-0.1, -0.05) is 0 Å². The fourth-order valence-electron chi connectivity index (χ4n) is 5.64. The van der Waals surface area contributed by atoms with E-state index in [2.05, 4.69) is 16.9 Å². The summed E-state index contributed by atoms with van der Waals surface area (Å²) in [5.41, 5.74) is 6.62. The van der Waals surface area contributed by atoms with Crippen molar-refractivity contribution in [1.82, 2.24) is 4.90 Å². The van der Waals surface area contributed by atoms with Gasteiger partial charge in [-0.15, -0.1) is 0 Å². The fourth-order valence-corrected chi connectivity index (χ4v) is 5.64. The molecular formula is C15H25N3. The number of aliphatic imine (C=N–C) groups is 1. The maximum atomic E-state index is 6.62. The van der Waals surface area contributed by atoms with Crippen LogP contribution in [0.3, 0.4) is 0 Å². The summed E-state index contributed by atoms with van der Waals surface area (Å²) in [6.07, 6.45) is 7.37. The average molecular weight is 247 g/mol. The molecule has 0 aromatic rings. The van der Waals surface area contributed by atoms with E-state index in [0.29, 0.717) is 0 Å². The number of hydrogen-bond acceptors (Lipinski definition) is 3. The van der Waals surface area contributed by atoms with E-state index < -0.39 is 0 Å². The zero-order valence-corrected chi connectivity index (χ0v) is 11.4. The van der Waals surface area contributed by atoms with Crippen molar-refractivity contribution in [3.05, 3.63) is 0 Å². The van der Waals surface area contributed by atoms with Crippen molar-refractivity contribution >= 4 is 5.84 Å². The highest BCUT2D eigenvalue weighted by molar-refractivity contribution is 5.88. The Morgan fingerprint density at radius 1 is 1.11 bits per heavy atom. The van der Waals surface area contributed by atoms with E-state index in [4.69, 9.17) is 5.73 Å². The molecule has 3 heteroatoms. The van der Waals surface area contributed by atoms with E-state index in [0.717, 1.165) is 42.7 Å². The quantitative estimate of drug-likeness (QED) is 0.807. The Kier molecular flexibility index (Phi) is 2.48. The van der Waals surface area contributed by atoms with E-state index >= 15 is 0 Å². The van der Waals surface area contributed by atoms with Crippen LogP contribution in [0, 0.1) is 29.6 Å². The van der Waals surface area contributed by atoms with Crippen LogP contribution in [-0.4, -0.2) is 36.9 Å². The van der Waals surface area contributed by atoms with Gasteiger partial charge >= 0.3 is 0 Å². The van der Waals surface area contributed by atoms with Crippen LogP contribution in [0.25, 0.3) is 0 Å². The van der Waals surface area contributed by atoms with Crippen molar-refractivity contribution in [2.45, 2.75) is 38.1 Å². The predicted molar refractivity (Wildman–Crippen MR) is 73.4 cm³/mol. The molecule has 0 aromatic heterocycles. The summed E-state index contributed by atoms with van der Waals surface area (Å²) < 4.78 is 0. The number of rotatable bonds is 2. The molecule has 4 aliphatic carbocycles. The minimum atomic E-state index is 0.215. The van der Waals surface area contributed by atoms with E-state index in [9.17, 15) is 0 Å². The first-order valence-electron chi connectivity index (χ1n) is 7.73. The summed E-state index contributed by atoms with van der Waals surface area (Å²) in [5, 5.41) is 0. The molecular weight excluding hydrogens is 222 g/mol. The lowest BCUT2D eigenvalue weighted by molar-refractivity contribution is -0.0395. The highest BCUT2D eigenvalue weighted by Crippen LogP contribution is 2.57. The van der Waals surface area contributed by atoms with Crippen LogP contribution in [0.1, 0.15) is 32.1 Å². The summed E-state index contributed by atoms with van der Waals surface area (Å²) >= 11 is 0. The second-order valence-corrected chi connectivity index (χ2v) is 7.20. The maximum Gasteiger partial charge on any atom is 0.116 e. The molecule has 5 aliphatic rings. The zero-order chi connectivity index (χ0) is 12.3. The van der Waals surface area contributed by atoms with Gasteiger partial charge in [-0.05, 0) is 61.7 Å². The molecule has 0 radical (unpaired) electrons. The summed E-state index contributed by atoms with van der Waals surface area (Å²) in [5.74, 6) is 5.84. The summed E-state index contributed by atoms with van der Waals surface area (Å²) in [4.78, 5) is 6.95. The largest absolute Gasteiger partial charge is 0.360 e. The van der Waals surface area contributed by atoms with Crippen molar-refractivity contribution in [1.29, 1.82) is 0 Å². The highest BCUT2D eigenvalue weighted by atomic mass is 15.2. The van der Waals surface area contributed by atoms with Crippen molar-refractivity contribution in [3.63, 3.8) is 0 Å². The normalized spacial score (nSPS) is 47.6. The van der Waals surface area contributed by atoms with E-state index in [1.165, 1.54) is 37.9 Å². The second kappa shape index (κ2) is 3.96. The predicted octanol–water partition coefficient (Wildman–Crippen LogP) is 1.73. The van der Waals surface area contributed by atoms with E-state index in [1.54, 1.807) is 0 Å². The van der Waals surface area contributed by atoms with Crippen LogP contribution < -0.4 is 5.73 Å². The van der Waals surface area contributed by atoms with Gasteiger partial charge in [0.2, 0.25) is 0 Å². The number of likely N-dealkylation sites (N-methyl/N-ethyl adjacent to an activating group) is 1. The molecule has 18 heavy (non-hydrogen) atoms. The molecule has 3 nitrogen and oxygen atoms in total. The highest BCUT2D eigenvalue weighted by Gasteiger charge is 2.51. The molecule has 4 saturated carbocycles. The molecule has 100 valence electrons. The summed E-state index contributed by atoms with van der Waals surface area (Å²) in [6.45, 7) is 2.02. The van der Waals surface area contributed by atoms with Crippen LogP contribution in [0.4, 0.5) is 0 Å². The third-order valence-corrected chi connectivity index (χ3v) is 6.11. The Hall–Kier alpha value is -0.570. The van der Waals surface area contributed by atoms with Gasteiger partial charge in [0, 0.05) is 13.6 Å². The minimum absolute atomic E-state index is 0.215. The van der Waals surface area contributed by atoms with Gasteiger partial charge in [-0.2, -0.15) is 0 Å². The van der Waals surface area contributed by atoms with Crippen LogP contribution in [0.15, 0.2) is 4.99 Å². The molecule has 0 amide bonds. The standard InChI is InChI=1S/C15H25N3/c1-18-3-2-17-15(18)14(16)13-11-5-9-4-10(7-11)8-12(13)6-9/h9-14H,2-8,16H2,1H3. The second-order valence-electron chi connectivity index (χ2n) is 7.20. The minimum Gasteiger partial charge on any atom is -0.360 e. The van der Waals surface area contributed by atoms with E-state index in [-0.39, 0.29) is 6.04 Å². The van der Waals surface area contributed by atoms with Crippen molar-refractivity contribution < 1.29 is 0 Å². The Morgan fingerprint density at radius 3 is 2.22 bits per heavy atom. The molecule has 5 rings (SSSR count). The molecule has 1 atom stereocenters. The Morgan fingerprint density at radius 2 is 1.72 bits per heavy atom. The molecule has 1 heterocycles. The van der Waals surface area contributed by atoms with Gasteiger partial charge in [0.25, 0.3) is 0 Å². The summed E-state index contributed by atoms with van der Waals surface area (Å²) in [7, 11) is 2.15. The monoisotopic (exact) mass is 247 g/mol. The zero-order valence-electron chi connectivity index (χ0n) is 11.4. The SMILES string of the molecule is CN1CCN=C1C(N)C1C2CC3CC(C2)CC1C3. The summed E-state index contributed by atoms with van der Waals surface area (Å²) in [6, 6.07) is 0.215. The third kappa shape index (κ3) is 1.56. The van der Waals surface area contributed by atoms with Crippen LogP contribution >= 0.6 is 0 Å². The lowest BCUT2D eigenvalue weighted by atomic mass is 9.50. The first kappa shape index (κ1) is 11.3. The average Bonchev–Trinajstić information content (AvgIpc) is 2.73. The Bertz CT molecular complexity index is 348. The van der Waals surface area contributed by atoms with E-state index in [1.807, 2.05) is 0 Å². The topological polar surface area (TPSA) is 41.6 Å². The molecule has 4 fully saturated rings. The van der Waals surface area contributed by atoms with Crippen LogP contribution in [0.5, 0.6) is 0 Å². The lowest BCUT2D eigenvalue weighted by Crippen LogP contribution is -2.56. The Labute approximate surface area is 110 Å². The molecule has 0 spiro atoms. The van der Waals surface area contributed by atoms with Gasteiger partial charge in [0.15, 0.2) is 0 Å². The maximum absolute atomic E-state index is 6.62. The van der Waals surface area contributed by atoms with Gasteiger partial charge in [0.1, 0.15) is 5.84 Å². The first-order chi connectivity index (χ1) is 8.72. The molecule has 0 aromatic carbocycles. The van der Waals surface area contributed by atoms with Gasteiger partial charge in [0.05, 0.1) is 12.6 Å². The number of nitrogens with zero attached hydrogens (tertiary/aromatic N) is 2. The van der Waals surface area contributed by atoms with Gasteiger partial charge in [-0.3, -0.25) is 4.99 Å². The number of amidine groups is 1. The molecule has 2 N–H and O–H groups in total. The number of hydrogen-bond donors (Lipinski definition) is 1. The fraction of sp³-hybridized carbons (Fsp3) is 0.933. The number of nitrogens with two attached hydrogens (primary N) is 1. The molecule has 0 saturated heterocycles. The molecule has 1 unspecified atom stereocenters. The Balaban J connectivity index is 1.57. The third-order valence-electron chi connectivity index (χ3n) is 6.11. The van der Waals surface area contributed by atoms with Crippen LogP contribution in [-0.2, 0) is 0 Å². The lowest BCUT2D eigenvalue weighted by Gasteiger charge is -2.56. The molecule has 4 bridgehead atoms. The van der Waals surface area contributed by atoms with Crippen molar-refractivity contribution in [2.24, 2.45) is 40.3 Å². The van der Waals surface area contributed by atoms with Crippen molar-refractivity contribution in [2.75, 3.05) is 20.1 Å². The smallest absolute Gasteiger partial charge is 0.116 e. The first-order valence-corrected chi connectivity index (χ1v) is 7.73. The van der Waals surface area contributed by atoms with Crippen molar-refractivity contribution in [3.8, 4) is 0 Å². The molecule has 1 aliphatic heterocycles. The van der Waals surface area contributed by atoms with Crippen LogP contribution in [0.2, 0.25) is 0 Å². The van der Waals surface area contributed by atoms with Gasteiger partial charge < -0.3 is 10.6 Å².